The third kappa shape index (κ3) is 4.23. The van der Waals surface area contributed by atoms with Crippen molar-refractivity contribution in [3.05, 3.63) is 65.4 Å². The Labute approximate surface area is 170 Å². The number of hydrogen-bond donors (Lipinski definition) is 2. The van der Waals surface area contributed by atoms with Crippen molar-refractivity contribution < 1.29 is 4.79 Å². The lowest BCUT2D eigenvalue weighted by atomic mass is 10.1. The molecule has 4 rings (SSSR count). The summed E-state index contributed by atoms with van der Waals surface area (Å²) in [4.78, 5) is 17.2. The number of anilines is 3. The van der Waals surface area contributed by atoms with Gasteiger partial charge in [-0.15, -0.1) is 10.2 Å². The van der Waals surface area contributed by atoms with E-state index in [1.807, 2.05) is 17.0 Å². The van der Waals surface area contributed by atoms with Crippen LogP contribution < -0.4 is 10.2 Å². The molecule has 7 heteroatoms. The molecule has 2 N–H and O–H groups in total. The second-order valence-electron chi connectivity index (χ2n) is 7.31. The summed E-state index contributed by atoms with van der Waals surface area (Å²) in [5.74, 6) is 0.357. The second-order valence-corrected chi connectivity index (χ2v) is 7.31. The van der Waals surface area contributed by atoms with E-state index < -0.39 is 0 Å². The first-order valence-corrected chi connectivity index (χ1v) is 10.0. The zero-order valence-electron chi connectivity index (χ0n) is 16.9. The summed E-state index contributed by atoms with van der Waals surface area (Å²) in [6.07, 6.45) is 0.989. The summed E-state index contributed by atoms with van der Waals surface area (Å²) >= 11 is 0. The van der Waals surface area contributed by atoms with Crippen LogP contribution in [0.15, 0.2) is 48.5 Å². The van der Waals surface area contributed by atoms with E-state index in [9.17, 15) is 4.79 Å². The van der Waals surface area contributed by atoms with Crippen molar-refractivity contribution in [3.8, 4) is 0 Å². The number of H-pyrrole nitrogens is 1. The molecule has 0 atom stereocenters. The van der Waals surface area contributed by atoms with Gasteiger partial charge >= 0.3 is 0 Å². The van der Waals surface area contributed by atoms with E-state index in [1.165, 1.54) is 16.8 Å². The minimum atomic E-state index is -0.102. The summed E-state index contributed by atoms with van der Waals surface area (Å²) in [7, 11) is 0. The predicted octanol–water partition coefficient (Wildman–Crippen LogP) is 3.38. The van der Waals surface area contributed by atoms with Crippen molar-refractivity contribution in [3.63, 3.8) is 0 Å². The molecule has 150 valence electrons. The normalized spacial score (nSPS) is 14.1. The highest BCUT2D eigenvalue weighted by Gasteiger charge is 2.26. The van der Waals surface area contributed by atoms with Crippen LogP contribution in [-0.2, 0) is 6.42 Å². The summed E-state index contributed by atoms with van der Waals surface area (Å²) in [5.41, 5.74) is 4.92. The smallest absolute Gasteiger partial charge is 0.278 e. The molecule has 1 aromatic heterocycles. The third-order valence-corrected chi connectivity index (χ3v) is 5.31. The minimum absolute atomic E-state index is 0.102. The van der Waals surface area contributed by atoms with Gasteiger partial charge in [0, 0.05) is 37.6 Å². The second kappa shape index (κ2) is 8.34. The maximum Gasteiger partial charge on any atom is 0.278 e. The van der Waals surface area contributed by atoms with Crippen LogP contribution in [0.3, 0.4) is 0 Å². The number of carbonyl (C=O) groups excluding carboxylic acids is 1. The standard InChI is InChI=1S/C22H26N6O/c1-3-17-7-9-18(10-8-17)23-21-20(24-26-25-21)22(29)28-13-11-27(12-14-28)19-6-4-5-16(2)15-19/h4-10,15H,3,11-14H2,1-2H3,(H2,23,24,25,26). The lowest BCUT2D eigenvalue weighted by molar-refractivity contribution is 0.0742. The molecule has 0 radical (unpaired) electrons. The molecule has 1 saturated heterocycles. The van der Waals surface area contributed by atoms with E-state index in [-0.39, 0.29) is 5.91 Å². The largest absolute Gasteiger partial charge is 0.368 e. The fraction of sp³-hybridized carbons (Fsp3) is 0.318. The number of nitrogens with one attached hydrogen (secondary N) is 2. The van der Waals surface area contributed by atoms with Gasteiger partial charge in [0.1, 0.15) is 0 Å². The van der Waals surface area contributed by atoms with Crippen LogP contribution in [0.4, 0.5) is 17.2 Å². The Balaban J connectivity index is 1.41. The Hall–Kier alpha value is -3.35. The lowest BCUT2D eigenvalue weighted by Gasteiger charge is -2.36. The van der Waals surface area contributed by atoms with Crippen LogP contribution in [-0.4, -0.2) is 52.4 Å². The molecular weight excluding hydrogens is 364 g/mol. The van der Waals surface area contributed by atoms with Gasteiger partial charge in [-0.1, -0.05) is 31.2 Å². The fourth-order valence-electron chi connectivity index (χ4n) is 3.57. The average Bonchev–Trinajstić information content (AvgIpc) is 3.22. The van der Waals surface area contributed by atoms with E-state index >= 15 is 0 Å². The number of aromatic amines is 1. The fourth-order valence-corrected chi connectivity index (χ4v) is 3.57. The molecule has 2 aromatic carbocycles. The molecule has 1 amide bonds. The first-order chi connectivity index (χ1) is 14.1. The van der Waals surface area contributed by atoms with Gasteiger partial charge in [0.15, 0.2) is 11.5 Å². The Morgan fingerprint density at radius 1 is 1.07 bits per heavy atom. The lowest BCUT2D eigenvalue weighted by Crippen LogP contribution is -2.49. The monoisotopic (exact) mass is 390 g/mol. The SMILES string of the molecule is CCc1ccc(Nc2n[nH]nc2C(=O)N2CCN(c3cccc(C)c3)CC2)cc1. The van der Waals surface area contributed by atoms with Gasteiger partial charge in [-0.05, 0) is 48.7 Å². The third-order valence-electron chi connectivity index (χ3n) is 5.31. The molecule has 0 spiro atoms. The Bertz CT molecular complexity index is 973. The highest BCUT2D eigenvalue weighted by Crippen LogP contribution is 2.21. The van der Waals surface area contributed by atoms with Crippen LogP contribution in [0.5, 0.6) is 0 Å². The minimum Gasteiger partial charge on any atom is -0.368 e. The van der Waals surface area contributed by atoms with Gasteiger partial charge in [-0.3, -0.25) is 4.79 Å². The van der Waals surface area contributed by atoms with Crippen LogP contribution in [0.1, 0.15) is 28.5 Å². The highest BCUT2D eigenvalue weighted by molar-refractivity contribution is 5.97. The van der Waals surface area contributed by atoms with Crippen molar-refractivity contribution in [2.45, 2.75) is 20.3 Å². The molecule has 3 aromatic rings. The van der Waals surface area contributed by atoms with Crippen molar-refractivity contribution in [2.24, 2.45) is 0 Å². The van der Waals surface area contributed by atoms with Gasteiger partial charge in [0.05, 0.1) is 0 Å². The van der Waals surface area contributed by atoms with Gasteiger partial charge in [0.25, 0.3) is 5.91 Å². The van der Waals surface area contributed by atoms with E-state index in [1.54, 1.807) is 0 Å². The molecule has 0 saturated carbocycles. The molecule has 2 heterocycles. The predicted molar refractivity (Wildman–Crippen MR) is 115 cm³/mol. The first kappa shape index (κ1) is 19.0. The summed E-state index contributed by atoms with van der Waals surface area (Å²) in [5, 5.41) is 14.0. The maximum absolute atomic E-state index is 13.0. The Morgan fingerprint density at radius 2 is 1.83 bits per heavy atom. The zero-order chi connectivity index (χ0) is 20.2. The van der Waals surface area contributed by atoms with Crippen LogP contribution in [0.25, 0.3) is 0 Å². The average molecular weight is 390 g/mol. The topological polar surface area (TPSA) is 77.1 Å². The van der Waals surface area contributed by atoms with Crippen molar-refractivity contribution in [1.82, 2.24) is 20.3 Å². The van der Waals surface area contributed by atoms with Gasteiger partial charge in [0.2, 0.25) is 0 Å². The number of aryl methyl sites for hydroxylation is 2. The molecule has 1 aliphatic heterocycles. The van der Waals surface area contributed by atoms with Crippen LogP contribution >= 0.6 is 0 Å². The summed E-state index contributed by atoms with van der Waals surface area (Å²) in [6.45, 7) is 7.13. The van der Waals surface area contributed by atoms with Crippen molar-refractivity contribution in [1.29, 1.82) is 0 Å². The van der Waals surface area contributed by atoms with Crippen LogP contribution in [0, 0.1) is 6.92 Å². The molecule has 1 aliphatic rings. The molecule has 0 aliphatic carbocycles. The van der Waals surface area contributed by atoms with E-state index in [0.29, 0.717) is 24.6 Å². The molecule has 0 bridgehead atoms. The van der Waals surface area contributed by atoms with Gasteiger partial charge in [-0.25, -0.2) is 0 Å². The Kier molecular flexibility index (Phi) is 5.46. The molecular formula is C22H26N6O. The molecule has 1 fully saturated rings. The van der Waals surface area contributed by atoms with Gasteiger partial charge in [-0.2, -0.15) is 5.21 Å². The number of rotatable bonds is 5. The molecule has 29 heavy (non-hydrogen) atoms. The number of carbonyl (C=O) groups is 1. The number of aromatic nitrogens is 3. The number of hydrogen-bond acceptors (Lipinski definition) is 5. The van der Waals surface area contributed by atoms with Crippen molar-refractivity contribution in [2.75, 3.05) is 36.4 Å². The molecule has 0 unspecified atom stereocenters. The number of benzene rings is 2. The first-order valence-electron chi connectivity index (χ1n) is 10.0. The summed E-state index contributed by atoms with van der Waals surface area (Å²) in [6, 6.07) is 16.6. The van der Waals surface area contributed by atoms with Crippen molar-refractivity contribution >= 4 is 23.1 Å². The molecule has 7 nitrogen and oxygen atoms in total. The maximum atomic E-state index is 13.0. The van der Waals surface area contributed by atoms with E-state index in [0.717, 1.165) is 25.2 Å². The van der Waals surface area contributed by atoms with Gasteiger partial charge < -0.3 is 15.1 Å². The number of nitrogens with zero attached hydrogens (tertiary/aromatic N) is 4. The summed E-state index contributed by atoms with van der Waals surface area (Å²) < 4.78 is 0. The number of amides is 1. The quantitative estimate of drug-likeness (QED) is 0.698. The highest BCUT2D eigenvalue weighted by atomic mass is 16.2. The number of piperazine rings is 1. The van der Waals surface area contributed by atoms with E-state index in [2.05, 4.69) is 75.9 Å². The van der Waals surface area contributed by atoms with Crippen LogP contribution in [0.2, 0.25) is 0 Å². The zero-order valence-corrected chi connectivity index (χ0v) is 16.9. The Morgan fingerprint density at radius 3 is 2.52 bits per heavy atom. The van der Waals surface area contributed by atoms with E-state index in [4.69, 9.17) is 0 Å².